The number of aromatic amines is 6. The fourth-order valence-corrected chi connectivity index (χ4v) is 7.57. The summed E-state index contributed by atoms with van der Waals surface area (Å²) in [6.45, 7) is 41.8. The van der Waals surface area contributed by atoms with Crippen molar-refractivity contribution in [3.63, 3.8) is 0 Å². The second kappa shape index (κ2) is 31.0. The van der Waals surface area contributed by atoms with E-state index in [9.17, 15) is 33.6 Å². The number of nitrogen functional groups attached to an aromatic ring is 1. The summed E-state index contributed by atoms with van der Waals surface area (Å²) in [5.74, 6) is 4.15. The average Bonchev–Trinajstić information content (AvgIpc) is 4.18. The molecule has 0 aliphatic carbocycles. The van der Waals surface area contributed by atoms with E-state index in [1.807, 2.05) is 104 Å². The lowest BCUT2D eigenvalue weighted by Crippen LogP contribution is -2.27. The molecule has 1 fully saturated rings. The molecule has 0 aromatic carbocycles. The third-order valence-corrected chi connectivity index (χ3v) is 13.0. The molecular weight excluding hydrogens is 1080 g/mol. The Labute approximate surface area is 471 Å². The minimum absolute atomic E-state index is 0.00919. The molecule has 0 saturated carbocycles. The monoisotopic (exact) mass is 1160 g/mol. The van der Waals surface area contributed by atoms with Crippen molar-refractivity contribution in [1.29, 1.82) is 0 Å². The number of carbonyl (C=O) groups excluding carboxylic acids is 2. The molecule has 25 nitrogen and oxygen atoms in total. The lowest BCUT2D eigenvalue weighted by molar-refractivity contribution is -0.119. The topological polar surface area (TPSA) is 389 Å². The Morgan fingerprint density at radius 1 is 0.696 bits per heavy atom. The van der Waals surface area contributed by atoms with Gasteiger partial charge in [0.25, 0.3) is 21.9 Å². The molecule has 1 unspecified atom stereocenters. The molecule has 79 heavy (non-hydrogen) atoms. The van der Waals surface area contributed by atoms with Crippen LogP contribution in [0.1, 0.15) is 201 Å². The van der Waals surface area contributed by atoms with Gasteiger partial charge in [-0.3, -0.25) is 62.5 Å². The standard InChI is InChI=1S/C8H10O3.C7H13N3.C7H11NO2.C7H11NOS.C6H10N2OS.C6H9NO2S.C5H10N4.C5H8N2O2/c1-5(2)6-3-11-4-7(9)8(6)10;1-5-8-6(10-9-5)7(2,3)4;2*1-7(2,3)5-4-6(9)8-10-5;1-6(2,3)4-5(9)8-10-7-4;1-3(2)4-5(8)7-6(9)10-4;1-3(2)4-7-5(6)9-8-4;1-3(2)4-6-5(8)9-7-4/h3-5,9H,1-2H3;1-4H3,(H,8,9,10);2*4H,1-3H3,(H,8,9);1-3H3,(H,8,9);3-4H,1-2H3,(H,7,8,9);3H,1-2H3,(H3,6,7,8,9);3H,1-2H3,(H,6,7,8). The molecule has 8 rings (SSSR count). The van der Waals surface area contributed by atoms with E-state index in [0.29, 0.717) is 34.7 Å². The average molecular weight is 1160 g/mol. The van der Waals surface area contributed by atoms with Gasteiger partial charge in [-0.15, -0.1) is 5.10 Å². The van der Waals surface area contributed by atoms with E-state index < -0.39 is 5.76 Å². The summed E-state index contributed by atoms with van der Waals surface area (Å²) in [6, 6.07) is 3.13. The van der Waals surface area contributed by atoms with Crippen LogP contribution in [0.25, 0.3) is 0 Å². The van der Waals surface area contributed by atoms with Crippen LogP contribution < -0.4 is 38.9 Å². The first kappa shape index (κ1) is 70.1. The number of amides is 2. The zero-order valence-corrected chi connectivity index (χ0v) is 51.7. The van der Waals surface area contributed by atoms with Gasteiger partial charge in [-0.2, -0.15) is 19.6 Å². The maximum atomic E-state index is 11.1. The van der Waals surface area contributed by atoms with Crippen LogP contribution in [0.4, 0.5) is 10.7 Å². The van der Waals surface area contributed by atoms with Crippen molar-refractivity contribution < 1.29 is 28.2 Å². The van der Waals surface area contributed by atoms with Gasteiger partial charge in [-0.1, -0.05) is 167 Å². The maximum absolute atomic E-state index is 11.1. The summed E-state index contributed by atoms with van der Waals surface area (Å²) >= 11 is 3.61. The summed E-state index contributed by atoms with van der Waals surface area (Å²) in [5, 5.41) is 29.8. The Morgan fingerprint density at radius 3 is 1.54 bits per heavy atom. The summed E-state index contributed by atoms with van der Waals surface area (Å²) in [6.07, 6.45) is 2.40. The minimum atomic E-state index is -0.487. The molecule has 2 amide bonds. The highest BCUT2D eigenvalue weighted by molar-refractivity contribution is 8.15. The molecule has 7 aromatic rings. The lowest BCUT2D eigenvalue weighted by atomic mass is 9.93. The van der Waals surface area contributed by atoms with Crippen molar-refractivity contribution in [2.24, 2.45) is 5.92 Å². The second-order valence-electron chi connectivity index (χ2n) is 23.0. The first-order chi connectivity index (χ1) is 36.1. The molecule has 8 heterocycles. The van der Waals surface area contributed by atoms with E-state index in [4.69, 9.17) is 19.8 Å². The quantitative estimate of drug-likeness (QED) is 0.0793. The molecule has 0 radical (unpaired) electrons. The number of hydrogen-bond donors (Lipinski definition) is 9. The normalized spacial score (nSPS) is 13.2. The van der Waals surface area contributed by atoms with Gasteiger partial charge in [-0.05, 0) is 24.2 Å². The number of aromatic hydroxyl groups is 1. The van der Waals surface area contributed by atoms with E-state index in [2.05, 4.69) is 110 Å². The minimum Gasteiger partial charge on any atom is -0.502 e. The molecule has 440 valence electrons. The number of thioether (sulfide) groups is 1. The van der Waals surface area contributed by atoms with Gasteiger partial charge >= 0.3 is 5.76 Å². The van der Waals surface area contributed by atoms with Crippen LogP contribution in [-0.2, 0) is 26.5 Å². The maximum Gasteiger partial charge on any atom is 0.438 e. The van der Waals surface area contributed by atoms with Gasteiger partial charge in [-0.25, -0.2) is 9.78 Å². The van der Waals surface area contributed by atoms with Crippen molar-refractivity contribution in [1.82, 2.24) is 64.1 Å². The molecule has 1 atom stereocenters. The van der Waals surface area contributed by atoms with Gasteiger partial charge in [0.05, 0.1) is 11.5 Å². The first-order valence-electron chi connectivity index (χ1n) is 25.0. The van der Waals surface area contributed by atoms with Crippen LogP contribution in [-0.4, -0.2) is 80.3 Å². The molecule has 7 aromatic heterocycles. The summed E-state index contributed by atoms with van der Waals surface area (Å²) in [5.41, 5.74) is 5.77. The number of aromatic nitrogens is 12. The molecule has 1 aliphatic rings. The van der Waals surface area contributed by atoms with Gasteiger partial charge < -0.3 is 19.8 Å². The predicted molar refractivity (Wildman–Crippen MR) is 310 cm³/mol. The number of nitrogens with zero attached hydrogens (tertiary/aromatic N) is 6. The smallest absolute Gasteiger partial charge is 0.438 e. The summed E-state index contributed by atoms with van der Waals surface area (Å²) < 4.78 is 23.1. The van der Waals surface area contributed by atoms with Crippen LogP contribution in [0.15, 0.2) is 62.1 Å². The number of aryl methyl sites for hydroxylation is 1. The Morgan fingerprint density at radius 2 is 1.30 bits per heavy atom. The third kappa shape index (κ3) is 26.1. The number of carbonyl (C=O) groups is 2. The molecule has 10 N–H and O–H groups in total. The van der Waals surface area contributed by atoms with Crippen LogP contribution in [0.2, 0.25) is 0 Å². The summed E-state index contributed by atoms with van der Waals surface area (Å²) in [4.78, 5) is 86.8. The number of rotatable bonds is 4. The van der Waals surface area contributed by atoms with Gasteiger partial charge in [0.1, 0.15) is 29.4 Å². The Bertz CT molecular complexity index is 3150. The van der Waals surface area contributed by atoms with Crippen LogP contribution in [0, 0.1) is 12.8 Å². The number of nitrogens with one attached hydrogen (secondary N) is 7. The van der Waals surface area contributed by atoms with Crippen molar-refractivity contribution in [2.75, 3.05) is 5.73 Å². The number of hydrogen-bond acceptors (Lipinski definition) is 21. The van der Waals surface area contributed by atoms with Crippen LogP contribution in [0.5, 0.6) is 5.75 Å². The Kier molecular flexibility index (Phi) is 27.5. The Hall–Kier alpha value is -6.94. The third-order valence-electron chi connectivity index (χ3n) is 9.88. The van der Waals surface area contributed by atoms with E-state index in [1.54, 1.807) is 6.07 Å². The molecule has 1 saturated heterocycles. The van der Waals surface area contributed by atoms with Crippen molar-refractivity contribution in [3.8, 4) is 5.75 Å². The fourth-order valence-electron chi connectivity index (χ4n) is 5.33. The number of H-pyrrole nitrogens is 6. The van der Waals surface area contributed by atoms with Gasteiger partial charge in [0.2, 0.25) is 17.3 Å². The number of imide groups is 1. The highest BCUT2D eigenvalue weighted by Crippen LogP contribution is 2.26. The first-order valence-corrected chi connectivity index (χ1v) is 27.5. The van der Waals surface area contributed by atoms with E-state index in [1.165, 1.54) is 23.9 Å². The molecule has 1 aliphatic heterocycles. The summed E-state index contributed by atoms with van der Waals surface area (Å²) in [7, 11) is 0. The zero-order chi connectivity index (χ0) is 61.0. The van der Waals surface area contributed by atoms with Gasteiger partial charge in [0.15, 0.2) is 17.4 Å². The van der Waals surface area contributed by atoms with Crippen LogP contribution in [0.3, 0.4) is 0 Å². The highest BCUT2D eigenvalue weighted by Gasteiger charge is 2.33. The van der Waals surface area contributed by atoms with E-state index >= 15 is 0 Å². The van der Waals surface area contributed by atoms with Crippen molar-refractivity contribution in [2.45, 2.75) is 190 Å². The van der Waals surface area contributed by atoms with E-state index in [0.717, 1.165) is 52.1 Å². The van der Waals surface area contributed by atoms with E-state index in [-0.39, 0.29) is 83.7 Å². The highest BCUT2D eigenvalue weighted by atomic mass is 32.2. The molecule has 0 spiro atoms. The predicted octanol–water partition coefficient (Wildman–Crippen LogP) is 9.00. The fraction of sp³-hybridized carbons (Fsp3) is 0.588. The zero-order valence-electron chi connectivity index (χ0n) is 49.2. The van der Waals surface area contributed by atoms with Crippen molar-refractivity contribution in [3.05, 3.63) is 122 Å². The Balaban J connectivity index is 0.000000452. The van der Waals surface area contributed by atoms with Gasteiger partial charge in [0, 0.05) is 62.4 Å². The largest absolute Gasteiger partial charge is 0.502 e. The molecule has 28 heteroatoms. The number of anilines is 1. The van der Waals surface area contributed by atoms with Crippen molar-refractivity contribution >= 4 is 52.1 Å². The molecular formula is C51H82N14O11S3. The van der Waals surface area contributed by atoms with Crippen LogP contribution >= 0.6 is 35.0 Å². The molecule has 0 bridgehead atoms. The second-order valence-corrected chi connectivity index (χ2v) is 25.5. The number of nitrogens with two attached hydrogens (primary N) is 1. The SMILES string of the molecule is CC(C)(C)c1cc(=O)[nH]o1.CC(C)(C)c1cc(=O)[nH]s1.CC(C)(C)c1ns[nH]c1=O.CC(C)C1SC(=O)NC1=O.CC(C)c1cocc(O)c1=O.CC(C)c1nc(N)n[nH]1.CC(C)c1noc(=O)[nH]1.Cc1nc(C(C)(C)C)n[nH]1. The lowest BCUT2D eigenvalue weighted by Gasteiger charge is -2.13.